The number of pyridine rings is 1. The van der Waals surface area contributed by atoms with Crippen LogP contribution in [0.1, 0.15) is 11.1 Å². The van der Waals surface area contributed by atoms with Crippen LogP contribution in [-0.4, -0.2) is 26.6 Å². The molecule has 0 saturated carbocycles. The van der Waals surface area contributed by atoms with Crippen molar-refractivity contribution >= 4 is 6.21 Å². The molecule has 0 spiro atoms. The summed E-state index contributed by atoms with van der Waals surface area (Å²) in [6.07, 6.45) is 3.63. The summed E-state index contributed by atoms with van der Waals surface area (Å²) in [6.45, 7) is -0.261. The molecule has 0 aliphatic rings. The molecule has 0 amide bonds. The fourth-order valence-electron chi connectivity index (χ4n) is 0.834. The second-order valence-corrected chi connectivity index (χ2v) is 2.13. The molecule has 1 aromatic heterocycles. The van der Waals surface area contributed by atoms with Gasteiger partial charge in [0.15, 0.2) is 0 Å². The summed E-state index contributed by atoms with van der Waals surface area (Å²) in [5, 5.41) is 28.9. The van der Waals surface area contributed by atoms with E-state index in [-0.39, 0.29) is 17.9 Å². The van der Waals surface area contributed by atoms with Gasteiger partial charge in [-0.1, -0.05) is 5.16 Å². The minimum atomic E-state index is -0.261. The second-order valence-electron chi connectivity index (χ2n) is 2.13. The van der Waals surface area contributed by atoms with Crippen LogP contribution in [0.25, 0.3) is 0 Å². The van der Waals surface area contributed by atoms with Gasteiger partial charge in [0.2, 0.25) is 0 Å². The van der Waals surface area contributed by atoms with Gasteiger partial charge in [-0.25, -0.2) is 0 Å². The maximum atomic E-state index is 9.18. The minimum Gasteiger partial charge on any atom is -0.506 e. The van der Waals surface area contributed by atoms with Crippen molar-refractivity contribution in [2.24, 2.45) is 5.16 Å². The number of aromatic nitrogens is 1. The predicted molar refractivity (Wildman–Crippen MR) is 41.2 cm³/mol. The summed E-state index contributed by atoms with van der Waals surface area (Å²) in [5.74, 6) is -0.126. The molecular formula is C7H8N2O3. The van der Waals surface area contributed by atoms with E-state index >= 15 is 0 Å². The van der Waals surface area contributed by atoms with Gasteiger partial charge in [0, 0.05) is 17.3 Å². The van der Waals surface area contributed by atoms with Gasteiger partial charge in [-0.05, 0) is 0 Å². The third-order valence-corrected chi connectivity index (χ3v) is 1.41. The van der Waals surface area contributed by atoms with E-state index in [2.05, 4.69) is 10.1 Å². The molecule has 3 N–H and O–H groups in total. The van der Waals surface area contributed by atoms with Crippen molar-refractivity contribution in [1.29, 1.82) is 0 Å². The molecule has 1 aromatic rings. The number of hydrogen-bond acceptors (Lipinski definition) is 5. The van der Waals surface area contributed by atoms with Gasteiger partial charge in [0.25, 0.3) is 0 Å². The summed E-state index contributed by atoms with van der Waals surface area (Å²) < 4.78 is 0. The smallest absolute Gasteiger partial charge is 0.143 e. The zero-order chi connectivity index (χ0) is 8.97. The van der Waals surface area contributed by atoms with Gasteiger partial charge in [-0.3, -0.25) is 4.98 Å². The summed E-state index contributed by atoms with van der Waals surface area (Å²) in [7, 11) is 0. The van der Waals surface area contributed by atoms with E-state index in [0.717, 1.165) is 6.21 Å². The molecule has 0 saturated heterocycles. The van der Waals surface area contributed by atoms with Crippen LogP contribution in [0, 0.1) is 0 Å². The maximum Gasteiger partial charge on any atom is 0.143 e. The van der Waals surface area contributed by atoms with E-state index in [1.807, 2.05) is 0 Å². The van der Waals surface area contributed by atoms with E-state index in [0.29, 0.717) is 5.56 Å². The number of aromatic hydroxyl groups is 1. The van der Waals surface area contributed by atoms with Crippen LogP contribution in [0.5, 0.6) is 5.75 Å². The Hall–Kier alpha value is -1.62. The van der Waals surface area contributed by atoms with Gasteiger partial charge >= 0.3 is 0 Å². The highest BCUT2D eigenvalue weighted by molar-refractivity contribution is 5.84. The fourth-order valence-corrected chi connectivity index (χ4v) is 0.834. The molecule has 0 bridgehead atoms. The van der Waals surface area contributed by atoms with Crippen molar-refractivity contribution in [1.82, 2.24) is 4.98 Å². The highest BCUT2D eigenvalue weighted by atomic mass is 16.4. The van der Waals surface area contributed by atoms with E-state index in [4.69, 9.17) is 10.3 Å². The molecule has 1 rings (SSSR count). The number of nitrogens with zero attached hydrogens (tertiary/aromatic N) is 2. The molecular weight excluding hydrogens is 160 g/mol. The van der Waals surface area contributed by atoms with Crippen molar-refractivity contribution in [3.63, 3.8) is 0 Å². The Bertz CT molecular complexity index is 299. The number of oxime groups is 1. The third-order valence-electron chi connectivity index (χ3n) is 1.41. The highest BCUT2D eigenvalue weighted by Crippen LogP contribution is 2.16. The first-order valence-corrected chi connectivity index (χ1v) is 3.23. The molecule has 1 heterocycles. The lowest BCUT2D eigenvalue weighted by Crippen LogP contribution is -1.94. The van der Waals surface area contributed by atoms with E-state index in [1.165, 1.54) is 12.4 Å². The topological polar surface area (TPSA) is 85.9 Å². The van der Waals surface area contributed by atoms with Crippen LogP contribution in [0.4, 0.5) is 0 Å². The zero-order valence-electron chi connectivity index (χ0n) is 6.18. The number of aliphatic hydroxyl groups is 1. The van der Waals surface area contributed by atoms with Crippen molar-refractivity contribution in [2.75, 3.05) is 0 Å². The molecule has 5 heteroatoms. The first-order chi connectivity index (χ1) is 5.79. The molecule has 12 heavy (non-hydrogen) atoms. The summed E-state index contributed by atoms with van der Waals surface area (Å²) in [6, 6.07) is 0. The summed E-state index contributed by atoms with van der Waals surface area (Å²) >= 11 is 0. The maximum absolute atomic E-state index is 9.18. The molecule has 5 nitrogen and oxygen atoms in total. The molecule has 0 unspecified atom stereocenters. The summed E-state index contributed by atoms with van der Waals surface area (Å²) in [4.78, 5) is 3.64. The van der Waals surface area contributed by atoms with Crippen LogP contribution < -0.4 is 0 Å². The zero-order valence-corrected chi connectivity index (χ0v) is 6.18. The number of hydrogen-bond donors (Lipinski definition) is 3. The SMILES string of the molecule is OCc1cncc(O)c1/C=N/O. The molecule has 0 aromatic carbocycles. The lowest BCUT2D eigenvalue weighted by molar-refractivity contribution is 0.280. The van der Waals surface area contributed by atoms with Crippen LogP contribution in [0.3, 0.4) is 0 Å². The molecule has 0 radical (unpaired) electrons. The van der Waals surface area contributed by atoms with E-state index < -0.39 is 0 Å². The highest BCUT2D eigenvalue weighted by Gasteiger charge is 2.04. The average Bonchev–Trinajstić information content (AvgIpc) is 2.09. The van der Waals surface area contributed by atoms with Crippen molar-refractivity contribution in [3.8, 4) is 5.75 Å². The Morgan fingerprint density at radius 2 is 2.25 bits per heavy atom. The molecule has 0 atom stereocenters. The largest absolute Gasteiger partial charge is 0.506 e. The lowest BCUT2D eigenvalue weighted by atomic mass is 10.1. The van der Waals surface area contributed by atoms with Gasteiger partial charge in [0.05, 0.1) is 19.0 Å². The summed E-state index contributed by atoms with van der Waals surface area (Å²) in [5.41, 5.74) is 0.683. The van der Waals surface area contributed by atoms with Gasteiger partial charge < -0.3 is 15.4 Å². The van der Waals surface area contributed by atoms with Crippen LogP contribution >= 0.6 is 0 Å². The molecule has 0 aliphatic heterocycles. The predicted octanol–water partition coefficient (Wildman–Crippen LogP) is 0.0876. The average molecular weight is 168 g/mol. The quantitative estimate of drug-likeness (QED) is 0.332. The first-order valence-electron chi connectivity index (χ1n) is 3.23. The van der Waals surface area contributed by atoms with Crippen LogP contribution in [-0.2, 0) is 6.61 Å². The Morgan fingerprint density at radius 3 is 2.83 bits per heavy atom. The minimum absolute atomic E-state index is 0.126. The second kappa shape index (κ2) is 3.68. The standard InChI is InChI=1S/C7H8N2O3/c10-4-5-1-8-3-7(11)6(5)2-9-12/h1-3,10-12H,4H2/b9-2+. The van der Waals surface area contributed by atoms with Gasteiger partial charge in [-0.15, -0.1) is 0 Å². The first kappa shape index (κ1) is 8.48. The van der Waals surface area contributed by atoms with Crippen molar-refractivity contribution in [3.05, 3.63) is 23.5 Å². The van der Waals surface area contributed by atoms with E-state index in [9.17, 15) is 5.11 Å². The fraction of sp³-hybridized carbons (Fsp3) is 0.143. The van der Waals surface area contributed by atoms with Crippen molar-refractivity contribution < 1.29 is 15.4 Å². The number of rotatable bonds is 2. The molecule has 0 fully saturated rings. The van der Waals surface area contributed by atoms with Crippen LogP contribution in [0.2, 0.25) is 0 Å². The normalized spacial score (nSPS) is 10.8. The Labute approximate surface area is 68.6 Å². The number of aliphatic hydroxyl groups excluding tert-OH is 1. The monoisotopic (exact) mass is 168 g/mol. The molecule has 0 aliphatic carbocycles. The van der Waals surface area contributed by atoms with Gasteiger partial charge in [-0.2, -0.15) is 0 Å². The van der Waals surface area contributed by atoms with Gasteiger partial charge in [0.1, 0.15) is 5.75 Å². The van der Waals surface area contributed by atoms with Crippen molar-refractivity contribution in [2.45, 2.75) is 6.61 Å². The van der Waals surface area contributed by atoms with Crippen LogP contribution in [0.15, 0.2) is 17.5 Å². The Balaban J connectivity index is 3.19. The Morgan fingerprint density at radius 1 is 1.50 bits per heavy atom. The molecule has 64 valence electrons. The lowest BCUT2D eigenvalue weighted by Gasteiger charge is -2.01. The van der Waals surface area contributed by atoms with E-state index in [1.54, 1.807) is 0 Å². The third kappa shape index (κ3) is 1.51. The Kier molecular flexibility index (Phi) is 2.60.